The number of nitrogens with zero attached hydrogens (tertiary/aromatic N) is 4. The SMILES string of the molecule is COc1cc(OC)cc(N2CCC(N(C)c3nc(C4CC4)ns3)C2=O)c1. The van der Waals surface area contributed by atoms with Crippen molar-refractivity contribution in [3.8, 4) is 11.5 Å². The molecule has 2 fully saturated rings. The van der Waals surface area contributed by atoms with E-state index in [-0.39, 0.29) is 11.9 Å². The standard InChI is InChI=1S/C18H22N4O3S/c1-21(18-19-16(20-26-18)11-4-5-11)15-6-7-22(17(15)23)12-8-13(24-2)10-14(9-12)25-3/h8-11,15H,4-7H2,1-3H3. The van der Waals surface area contributed by atoms with Crippen molar-refractivity contribution in [1.29, 1.82) is 0 Å². The second-order valence-electron chi connectivity index (χ2n) is 6.69. The minimum atomic E-state index is -0.229. The summed E-state index contributed by atoms with van der Waals surface area (Å²) in [5, 5.41) is 0.815. The van der Waals surface area contributed by atoms with Gasteiger partial charge in [-0.1, -0.05) is 0 Å². The van der Waals surface area contributed by atoms with Gasteiger partial charge in [0, 0.05) is 49.2 Å². The first-order valence-corrected chi connectivity index (χ1v) is 9.49. The van der Waals surface area contributed by atoms with E-state index >= 15 is 0 Å². The zero-order valence-corrected chi connectivity index (χ0v) is 16.0. The highest BCUT2D eigenvalue weighted by Gasteiger charge is 2.37. The molecule has 1 aliphatic heterocycles. The molecule has 2 heterocycles. The Bertz CT molecular complexity index is 798. The van der Waals surface area contributed by atoms with Crippen LogP contribution in [-0.2, 0) is 4.79 Å². The molecular weight excluding hydrogens is 352 g/mol. The van der Waals surface area contributed by atoms with Crippen molar-refractivity contribution in [3.63, 3.8) is 0 Å². The largest absolute Gasteiger partial charge is 0.497 e. The molecule has 0 radical (unpaired) electrons. The molecule has 1 aliphatic carbocycles. The number of carbonyl (C=O) groups excluding carboxylic acids is 1. The summed E-state index contributed by atoms with van der Waals surface area (Å²) in [5.74, 6) is 2.85. The van der Waals surface area contributed by atoms with E-state index in [1.165, 1.54) is 24.4 Å². The lowest BCUT2D eigenvalue weighted by molar-refractivity contribution is -0.118. The molecule has 7 nitrogen and oxygen atoms in total. The van der Waals surface area contributed by atoms with Gasteiger partial charge in [0.25, 0.3) is 0 Å². The van der Waals surface area contributed by atoms with Gasteiger partial charge in [0.2, 0.25) is 11.0 Å². The van der Waals surface area contributed by atoms with Crippen molar-refractivity contribution >= 4 is 28.3 Å². The molecule has 138 valence electrons. The van der Waals surface area contributed by atoms with Gasteiger partial charge in [-0.25, -0.2) is 4.98 Å². The number of carbonyl (C=O) groups is 1. The summed E-state index contributed by atoms with van der Waals surface area (Å²) in [7, 11) is 5.14. The van der Waals surface area contributed by atoms with E-state index in [0.29, 0.717) is 24.0 Å². The maximum atomic E-state index is 13.0. The maximum absolute atomic E-state index is 13.0. The first-order valence-electron chi connectivity index (χ1n) is 8.71. The summed E-state index contributed by atoms with van der Waals surface area (Å²) in [6, 6.07) is 5.29. The average molecular weight is 374 g/mol. The second-order valence-corrected chi connectivity index (χ2v) is 7.42. The van der Waals surface area contributed by atoms with E-state index in [1.54, 1.807) is 25.2 Å². The smallest absolute Gasteiger partial charge is 0.249 e. The van der Waals surface area contributed by atoms with Gasteiger partial charge < -0.3 is 19.3 Å². The van der Waals surface area contributed by atoms with Crippen LogP contribution in [0.1, 0.15) is 31.0 Å². The summed E-state index contributed by atoms with van der Waals surface area (Å²) in [5.41, 5.74) is 0.790. The Balaban J connectivity index is 1.53. The van der Waals surface area contributed by atoms with Gasteiger partial charge in [-0.2, -0.15) is 4.37 Å². The molecule has 2 aliphatic rings. The van der Waals surface area contributed by atoms with Crippen molar-refractivity contribution in [2.45, 2.75) is 31.2 Å². The summed E-state index contributed by atoms with van der Waals surface area (Å²) >= 11 is 1.38. The van der Waals surface area contributed by atoms with Crippen molar-refractivity contribution < 1.29 is 14.3 Å². The number of hydrogen-bond acceptors (Lipinski definition) is 7. The van der Waals surface area contributed by atoms with Gasteiger partial charge in [-0.3, -0.25) is 4.79 Å². The minimum Gasteiger partial charge on any atom is -0.497 e. The molecular formula is C18H22N4O3S. The van der Waals surface area contributed by atoms with E-state index in [2.05, 4.69) is 9.36 Å². The molecule has 0 bridgehead atoms. The molecule has 1 unspecified atom stereocenters. The highest BCUT2D eigenvalue weighted by atomic mass is 32.1. The Morgan fingerprint density at radius 2 is 1.85 bits per heavy atom. The van der Waals surface area contributed by atoms with Gasteiger partial charge in [0.05, 0.1) is 19.9 Å². The van der Waals surface area contributed by atoms with Crippen LogP contribution in [0.4, 0.5) is 10.8 Å². The number of hydrogen-bond donors (Lipinski definition) is 0. The summed E-state index contributed by atoms with van der Waals surface area (Å²) in [4.78, 5) is 21.4. The number of aromatic nitrogens is 2. The monoisotopic (exact) mass is 374 g/mol. The summed E-state index contributed by atoms with van der Waals surface area (Å²) in [6.45, 7) is 0.651. The maximum Gasteiger partial charge on any atom is 0.249 e. The number of amides is 1. The third kappa shape index (κ3) is 3.09. The molecule has 4 rings (SSSR count). The fourth-order valence-corrected chi connectivity index (χ4v) is 3.99. The van der Waals surface area contributed by atoms with E-state index in [0.717, 1.165) is 23.1 Å². The molecule has 1 aromatic carbocycles. The molecule has 1 saturated heterocycles. The van der Waals surface area contributed by atoms with Crippen molar-refractivity contribution in [3.05, 3.63) is 24.0 Å². The van der Waals surface area contributed by atoms with Crippen LogP contribution in [0.2, 0.25) is 0 Å². The fourth-order valence-electron chi connectivity index (χ4n) is 3.24. The first kappa shape index (κ1) is 17.1. The average Bonchev–Trinajstić information content (AvgIpc) is 3.27. The van der Waals surface area contributed by atoms with Crippen molar-refractivity contribution in [2.24, 2.45) is 0 Å². The number of ether oxygens (including phenoxy) is 2. The summed E-state index contributed by atoms with van der Waals surface area (Å²) in [6.07, 6.45) is 3.09. The predicted octanol–water partition coefficient (Wildman–Crippen LogP) is 2.67. The first-order chi connectivity index (χ1) is 12.6. The highest BCUT2D eigenvalue weighted by molar-refractivity contribution is 7.09. The van der Waals surface area contributed by atoms with E-state index in [4.69, 9.17) is 9.47 Å². The van der Waals surface area contributed by atoms with E-state index < -0.39 is 0 Å². The van der Waals surface area contributed by atoms with Crippen LogP contribution >= 0.6 is 11.5 Å². The Kier molecular flexibility index (Phi) is 4.44. The molecule has 1 amide bonds. The molecule has 26 heavy (non-hydrogen) atoms. The Labute approximate surface area is 156 Å². The molecule has 2 aromatic rings. The second kappa shape index (κ2) is 6.75. The van der Waals surface area contributed by atoms with Gasteiger partial charge >= 0.3 is 0 Å². The highest BCUT2D eigenvalue weighted by Crippen LogP contribution is 2.40. The lowest BCUT2D eigenvalue weighted by Gasteiger charge is -2.23. The van der Waals surface area contributed by atoms with E-state index in [9.17, 15) is 4.79 Å². The predicted molar refractivity (Wildman–Crippen MR) is 101 cm³/mol. The van der Waals surface area contributed by atoms with Gasteiger partial charge in [0.15, 0.2) is 0 Å². The minimum absolute atomic E-state index is 0.0611. The van der Waals surface area contributed by atoms with Crippen molar-refractivity contribution in [1.82, 2.24) is 9.36 Å². The number of methoxy groups -OCH3 is 2. The number of benzene rings is 1. The molecule has 1 atom stereocenters. The van der Waals surface area contributed by atoms with Crippen LogP contribution in [-0.4, -0.2) is 49.1 Å². The third-order valence-corrected chi connectivity index (χ3v) is 5.79. The zero-order chi connectivity index (χ0) is 18.3. The van der Waals surface area contributed by atoms with Gasteiger partial charge in [0.1, 0.15) is 23.4 Å². The number of anilines is 2. The third-order valence-electron chi connectivity index (χ3n) is 4.97. The molecule has 1 aromatic heterocycles. The van der Waals surface area contributed by atoms with Gasteiger partial charge in [-0.05, 0) is 19.3 Å². The normalized spacial score (nSPS) is 19.7. The topological polar surface area (TPSA) is 67.8 Å². The van der Waals surface area contributed by atoms with Crippen LogP contribution in [0.5, 0.6) is 11.5 Å². The molecule has 0 spiro atoms. The number of likely N-dealkylation sites (N-methyl/N-ethyl adjacent to an activating group) is 1. The van der Waals surface area contributed by atoms with Crippen LogP contribution in [0.3, 0.4) is 0 Å². The summed E-state index contributed by atoms with van der Waals surface area (Å²) < 4.78 is 15.1. The zero-order valence-electron chi connectivity index (χ0n) is 15.1. The van der Waals surface area contributed by atoms with Gasteiger partial charge in [-0.15, -0.1) is 0 Å². The molecule has 1 saturated carbocycles. The van der Waals surface area contributed by atoms with Crippen LogP contribution in [0.15, 0.2) is 18.2 Å². The van der Waals surface area contributed by atoms with Crippen LogP contribution in [0.25, 0.3) is 0 Å². The molecule has 8 heteroatoms. The quantitative estimate of drug-likeness (QED) is 0.774. The Morgan fingerprint density at radius 3 is 2.46 bits per heavy atom. The Hall–Kier alpha value is -2.35. The molecule has 0 N–H and O–H groups in total. The van der Waals surface area contributed by atoms with Crippen molar-refractivity contribution in [2.75, 3.05) is 37.6 Å². The van der Waals surface area contributed by atoms with Crippen LogP contribution < -0.4 is 19.3 Å². The number of rotatable bonds is 6. The Morgan fingerprint density at radius 1 is 1.15 bits per heavy atom. The lowest BCUT2D eigenvalue weighted by Crippen LogP contribution is -2.39. The van der Waals surface area contributed by atoms with E-state index in [1.807, 2.05) is 24.1 Å². The lowest BCUT2D eigenvalue weighted by atomic mass is 10.2. The van der Waals surface area contributed by atoms with Crippen LogP contribution in [0, 0.1) is 0 Å². The fraction of sp³-hybridized carbons (Fsp3) is 0.500.